The molecule has 0 saturated heterocycles. The van der Waals surface area contributed by atoms with Crippen LogP contribution in [0.25, 0.3) is 0 Å². The molecule has 0 saturated carbocycles. The first kappa shape index (κ1) is 13.8. The van der Waals surface area contributed by atoms with Gasteiger partial charge in [0.25, 0.3) is 9.05 Å². The van der Waals surface area contributed by atoms with Crippen LogP contribution in [0.4, 0.5) is 0 Å². The largest absolute Gasteiger partial charge is 0.490 e. The van der Waals surface area contributed by atoms with Crippen LogP contribution in [0.15, 0.2) is 23.1 Å². The SMILES string of the molecule is COCCOc1ccc(C#N)cc1S(=O)(=O)Cl. The molecule has 17 heavy (non-hydrogen) atoms. The van der Waals surface area contributed by atoms with E-state index in [1.807, 2.05) is 6.07 Å². The second-order valence-electron chi connectivity index (χ2n) is 3.05. The molecule has 1 aromatic rings. The zero-order valence-electron chi connectivity index (χ0n) is 9.01. The number of ether oxygens (including phenoxy) is 2. The van der Waals surface area contributed by atoms with E-state index in [4.69, 9.17) is 25.4 Å². The fourth-order valence-corrected chi connectivity index (χ4v) is 2.12. The van der Waals surface area contributed by atoms with E-state index < -0.39 is 9.05 Å². The lowest BCUT2D eigenvalue weighted by Gasteiger charge is -2.09. The Morgan fingerprint density at radius 1 is 1.41 bits per heavy atom. The van der Waals surface area contributed by atoms with Gasteiger partial charge in [0, 0.05) is 17.8 Å². The van der Waals surface area contributed by atoms with E-state index in [-0.39, 0.29) is 22.8 Å². The average Bonchev–Trinajstić information content (AvgIpc) is 2.28. The maximum atomic E-state index is 11.3. The fourth-order valence-electron chi connectivity index (χ4n) is 1.12. The van der Waals surface area contributed by atoms with Gasteiger partial charge < -0.3 is 9.47 Å². The van der Waals surface area contributed by atoms with Crippen molar-refractivity contribution in [3.05, 3.63) is 23.8 Å². The van der Waals surface area contributed by atoms with Gasteiger partial charge in [-0.1, -0.05) is 0 Å². The third-order valence-corrected chi connectivity index (χ3v) is 3.22. The van der Waals surface area contributed by atoms with Gasteiger partial charge in [0.1, 0.15) is 17.3 Å². The number of nitrogens with zero attached hydrogens (tertiary/aromatic N) is 1. The maximum Gasteiger partial charge on any atom is 0.265 e. The van der Waals surface area contributed by atoms with Crippen molar-refractivity contribution in [1.82, 2.24) is 0 Å². The van der Waals surface area contributed by atoms with Crippen molar-refractivity contribution in [1.29, 1.82) is 5.26 Å². The number of benzene rings is 1. The van der Waals surface area contributed by atoms with Crippen molar-refractivity contribution < 1.29 is 17.9 Å². The smallest absolute Gasteiger partial charge is 0.265 e. The van der Waals surface area contributed by atoms with Gasteiger partial charge in [0.05, 0.1) is 18.2 Å². The molecule has 1 rings (SSSR count). The Bertz CT molecular complexity index is 536. The summed E-state index contributed by atoms with van der Waals surface area (Å²) in [5, 5.41) is 8.68. The first-order valence-electron chi connectivity index (χ1n) is 4.59. The Labute approximate surface area is 104 Å². The summed E-state index contributed by atoms with van der Waals surface area (Å²) in [5.74, 6) is 0.107. The lowest BCUT2D eigenvalue weighted by atomic mass is 10.2. The number of methoxy groups -OCH3 is 1. The molecule has 0 unspecified atom stereocenters. The van der Waals surface area contributed by atoms with Crippen molar-refractivity contribution in [2.24, 2.45) is 0 Å². The Morgan fingerprint density at radius 3 is 2.65 bits per heavy atom. The summed E-state index contributed by atoms with van der Waals surface area (Å²) in [4.78, 5) is -0.214. The number of hydrogen-bond donors (Lipinski definition) is 0. The van der Waals surface area contributed by atoms with Crippen LogP contribution in [-0.2, 0) is 13.8 Å². The van der Waals surface area contributed by atoms with Crippen LogP contribution >= 0.6 is 10.7 Å². The Hall–Kier alpha value is -1.29. The highest BCUT2D eigenvalue weighted by Crippen LogP contribution is 2.27. The van der Waals surface area contributed by atoms with Gasteiger partial charge in [-0.2, -0.15) is 5.26 Å². The third-order valence-electron chi connectivity index (χ3n) is 1.88. The molecule has 0 amide bonds. The zero-order chi connectivity index (χ0) is 12.9. The molecule has 5 nitrogen and oxygen atoms in total. The van der Waals surface area contributed by atoms with Crippen LogP contribution in [-0.4, -0.2) is 28.7 Å². The lowest BCUT2D eigenvalue weighted by Crippen LogP contribution is -2.07. The third kappa shape index (κ3) is 3.89. The number of halogens is 1. The summed E-state index contributed by atoms with van der Waals surface area (Å²) < 4.78 is 32.6. The predicted molar refractivity (Wildman–Crippen MR) is 61.6 cm³/mol. The molecule has 0 spiro atoms. The van der Waals surface area contributed by atoms with E-state index in [2.05, 4.69) is 0 Å². The normalized spacial score (nSPS) is 10.9. The molecule has 0 aromatic heterocycles. The van der Waals surface area contributed by atoms with E-state index in [0.717, 1.165) is 0 Å². The second-order valence-corrected chi connectivity index (χ2v) is 5.59. The molecule has 92 valence electrons. The summed E-state index contributed by atoms with van der Waals surface area (Å²) in [6.07, 6.45) is 0. The van der Waals surface area contributed by atoms with Crippen LogP contribution in [0.3, 0.4) is 0 Å². The van der Waals surface area contributed by atoms with E-state index in [0.29, 0.717) is 6.61 Å². The Balaban J connectivity index is 3.09. The molecular weight excluding hydrogens is 266 g/mol. The van der Waals surface area contributed by atoms with Crippen LogP contribution in [0.5, 0.6) is 5.75 Å². The van der Waals surface area contributed by atoms with Crippen molar-refractivity contribution in [3.8, 4) is 11.8 Å². The summed E-state index contributed by atoms with van der Waals surface area (Å²) in [7, 11) is 2.81. The minimum Gasteiger partial charge on any atom is -0.490 e. The Morgan fingerprint density at radius 2 is 2.12 bits per heavy atom. The average molecular weight is 276 g/mol. The summed E-state index contributed by atoms with van der Waals surface area (Å²) in [5.41, 5.74) is 0.198. The van der Waals surface area contributed by atoms with Gasteiger partial charge in [-0.15, -0.1) is 0 Å². The molecule has 0 radical (unpaired) electrons. The maximum absolute atomic E-state index is 11.3. The quantitative estimate of drug-likeness (QED) is 0.601. The molecule has 0 fully saturated rings. The predicted octanol–water partition coefficient (Wildman–Crippen LogP) is 1.51. The highest BCUT2D eigenvalue weighted by molar-refractivity contribution is 8.13. The van der Waals surface area contributed by atoms with Crippen LogP contribution in [0, 0.1) is 11.3 Å². The van der Waals surface area contributed by atoms with Gasteiger partial charge in [-0.05, 0) is 18.2 Å². The first-order valence-corrected chi connectivity index (χ1v) is 6.90. The van der Waals surface area contributed by atoms with Crippen LogP contribution in [0.2, 0.25) is 0 Å². The van der Waals surface area contributed by atoms with Crippen LogP contribution < -0.4 is 4.74 Å². The molecule has 0 aliphatic heterocycles. The molecule has 0 N–H and O–H groups in total. The first-order chi connectivity index (χ1) is 7.99. The van der Waals surface area contributed by atoms with Gasteiger partial charge in [-0.3, -0.25) is 0 Å². The van der Waals surface area contributed by atoms with E-state index in [1.54, 1.807) is 0 Å². The molecule has 0 bridgehead atoms. The van der Waals surface area contributed by atoms with Gasteiger partial charge in [0.15, 0.2) is 0 Å². The minimum absolute atomic E-state index is 0.107. The zero-order valence-corrected chi connectivity index (χ0v) is 10.6. The monoisotopic (exact) mass is 275 g/mol. The van der Waals surface area contributed by atoms with Gasteiger partial charge in [-0.25, -0.2) is 8.42 Å². The molecule has 0 atom stereocenters. The van der Waals surface area contributed by atoms with Crippen LogP contribution in [0.1, 0.15) is 5.56 Å². The minimum atomic E-state index is -3.95. The standard InChI is InChI=1S/C10H10ClNO4S/c1-15-4-5-16-9-3-2-8(7-12)6-10(9)17(11,13)14/h2-3,6H,4-5H2,1H3. The topological polar surface area (TPSA) is 76.4 Å². The van der Waals surface area contributed by atoms with Gasteiger partial charge >= 0.3 is 0 Å². The van der Waals surface area contributed by atoms with E-state index >= 15 is 0 Å². The van der Waals surface area contributed by atoms with Crippen molar-refractivity contribution >= 4 is 19.7 Å². The Kier molecular flexibility index (Phi) is 4.75. The lowest BCUT2D eigenvalue weighted by molar-refractivity contribution is 0.144. The van der Waals surface area contributed by atoms with Crippen molar-refractivity contribution in [2.45, 2.75) is 4.90 Å². The van der Waals surface area contributed by atoms with E-state index in [9.17, 15) is 8.42 Å². The highest BCUT2D eigenvalue weighted by atomic mass is 35.7. The van der Waals surface area contributed by atoms with Gasteiger partial charge in [0.2, 0.25) is 0 Å². The molecule has 1 aromatic carbocycles. The molecule has 0 heterocycles. The number of nitriles is 1. The molecular formula is C10H10ClNO4S. The highest BCUT2D eigenvalue weighted by Gasteiger charge is 2.17. The molecule has 0 aliphatic rings. The molecule has 0 aliphatic carbocycles. The summed E-state index contributed by atoms with van der Waals surface area (Å²) in [6, 6.07) is 5.85. The summed E-state index contributed by atoms with van der Waals surface area (Å²) >= 11 is 0. The second kappa shape index (κ2) is 5.87. The summed E-state index contributed by atoms with van der Waals surface area (Å²) in [6.45, 7) is 0.517. The van der Waals surface area contributed by atoms with Crippen molar-refractivity contribution in [3.63, 3.8) is 0 Å². The molecule has 7 heteroatoms. The number of rotatable bonds is 5. The number of hydrogen-bond acceptors (Lipinski definition) is 5. The van der Waals surface area contributed by atoms with Crippen molar-refractivity contribution in [2.75, 3.05) is 20.3 Å². The fraction of sp³-hybridized carbons (Fsp3) is 0.300. The van der Waals surface area contributed by atoms with E-state index in [1.165, 1.54) is 25.3 Å².